The van der Waals surface area contributed by atoms with E-state index < -0.39 is 0 Å². The van der Waals surface area contributed by atoms with Crippen LogP contribution in [0, 0.1) is 13.8 Å². The van der Waals surface area contributed by atoms with Gasteiger partial charge in [-0.05, 0) is 19.1 Å². The van der Waals surface area contributed by atoms with Crippen LogP contribution < -0.4 is 0 Å². The van der Waals surface area contributed by atoms with Crippen molar-refractivity contribution in [3.8, 4) is 0 Å². The van der Waals surface area contributed by atoms with Crippen LogP contribution in [0.1, 0.15) is 27.9 Å². The first kappa shape index (κ1) is 14.3. The standard InChI is InChI=1S/C14H18N2O4/c1-10-13(15-11(2)20-10)14(17)16(6-8-18-3)9-12-5-4-7-19-12/h4-5,7H,6,8-9H2,1-3H3. The lowest BCUT2D eigenvalue weighted by atomic mass is 10.3. The zero-order valence-electron chi connectivity index (χ0n) is 11.9. The molecular formula is C14H18N2O4. The van der Waals surface area contributed by atoms with Crippen LogP contribution in [0.5, 0.6) is 0 Å². The van der Waals surface area contributed by atoms with Crippen LogP contribution in [-0.4, -0.2) is 36.1 Å². The molecule has 0 fully saturated rings. The maximum absolute atomic E-state index is 12.5. The number of oxazole rings is 1. The molecule has 0 spiro atoms. The number of carbonyl (C=O) groups is 1. The minimum Gasteiger partial charge on any atom is -0.467 e. The Labute approximate surface area is 117 Å². The van der Waals surface area contributed by atoms with Crippen molar-refractivity contribution < 1.29 is 18.4 Å². The van der Waals surface area contributed by atoms with Gasteiger partial charge < -0.3 is 18.5 Å². The number of aromatic nitrogens is 1. The van der Waals surface area contributed by atoms with Crippen LogP contribution in [0.2, 0.25) is 0 Å². The van der Waals surface area contributed by atoms with E-state index in [0.29, 0.717) is 42.8 Å². The fourth-order valence-corrected chi connectivity index (χ4v) is 1.92. The Hall–Kier alpha value is -2.08. The number of rotatable bonds is 6. The zero-order chi connectivity index (χ0) is 14.5. The van der Waals surface area contributed by atoms with E-state index in [1.165, 1.54) is 0 Å². The summed E-state index contributed by atoms with van der Waals surface area (Å²) in [5.74, 6) is 1.53. The zero-order valence-corrected chi connectivity index (χ0v) is 11.9. The van der Waals surface area contributed by atoms with Crippen LogP contribution in [0.3, 0.4) is 0 Å². The molecule has 20 heavy (non-hydrogen) atoms. The smallest absolute Gasteiger partial charge is 0.276 e. The average molecular weight is 278 g/mol. The van der Waals surface area contributed by atoms with Gasteiger partial charge in [-0.1, -0.05) is 0 Å². The highest BCUT2D eigenvalue weighted by atomic mass is 16.5. The molecule has 1 amide bonds. The van der Waals surface area contributed by atoms with Gasteiger partial charge in [0.1, 0.15) is 11.5 Å². The highest BCUT2D eigenvalue weighted by Crippen LogP contribution is 2.14. The number of carbonyl (C=O) groups excluding carboxylic acids is 1. The van der Waals surface area contributed by atoms with E-state index in [2.05, 4.69) is 4.98 Å². The molecule has 6 nitrogen and oxygen atoms in total. The number of hydrogen-bond donors (Lipinski definition) is 0. The Kier molecular flexibility index (Phi) is 4.57. The molecule has 0 radical (unpaired) electrons. The molecule has 2 aromatic rings. The molecular weight excluding hydrogens is 260 g/mol. The second-order valence-electron chi connectivity index (χ2n) is 4.44. The molecule has 0 aromatic carbocycles. The first-order valence-electron chi connectivity index (χ1n) is 6.36. The van der Waals surface area contributed by atoms with Gasteiger partial charge in [0.15, 0.2) is 11.6 Å². The Morgan fingerprint density at radius 1 is 1.45 bits per heavy atom. The maximum Gasteiger partial charge on any atom is 0.276 e. The van der Waals surface area contributed by atoms with E-state index in [0.717, 1.165) is 0 Å². The molecule has 108 valence electrons. The van der Waals surface area contributed by atoms with E-state index in [1.54, 1.807) is 38.2 Å². The molecule has 2 aromatic heterocycles. The van der Waals surface area contributed by atoms with Crippen molar-refractivity contribution in [3.05, 3.63) is 41.5 Å². The molecule has 0 saturated heterocycles. The van der Waals surface area contributed by atoms with Gasteiger partial charge in [0.25, 0.3) is 5.91 Å². The fraction of sp³-hybridized carbons (Fsp3) is 0.429. The first-order valence-corrected chi connectivity index (χ1v) is 6.36. The van der Waals surface area contributed by atoms with E-state index in [4.69, 9.17) is 13.6 Å². The molecule has 0 aliphatic rings. The lowest BCUT2D eigenvalue weighted by molar-refractivity contribution is 0.0659. The summed E-state index contributed by atoms with van der Waals surface area (Å²) in [6.45, 7) is 4.73. The molecule has 6 heteroatoms. The summed E-state index contributed by atoms with van der Waals surface area (Å²) in [7, 11) is 1.60. The van der Waals surface area contributed by atoms with Gasteiger partial charge in [0.05, 0.1) is 19.4 Å². The van der Waals surface area contributed by atoms with Crippen molar-refractivity contribution in [2.75, 3.05) is 20.3 Å². The minimum absolute atomic E-state index is 0.187. The SMILES string of the molecule is COCCN(Cc1ccco1)C(=O)c1nc(C)oc1C. The molecule has 0 N–H and O–H groups in total. The number of methoxy groups -OCH3 is 1. The van der Waals surface area contributed by atoms with Crippen molar-refractivity contribution in [2.24, 2.45) is 0 Å². The lowest BCUT2D eigenvalue weighted by Gasteiger charge is -2.20. The van der Waals surface area contributed by atoms with Crippen molar-refractivity contribution >= 4 is 5.91 Å². The van der Waals surface area contributed by atoms with Crippen LogP contribution in [0.15, 0.2) is 27.2 Å². The van der Waals surface area contributed by atoms with Crippen molar-refractivity contribution in [1.82, 2.24) is 9.88 Å². The molecule has 2 heterocycles. The summed E-state index contributed by atoms with van der Waals surface area (Å²) in [5, 5.41) is 0. The van der Waals surface area contributed by atoms with E-state index in [-0.39, 0.29) is 5.91 Å². The van der Waals surface area contributed by atoms with Gasteiger partial charge in [0, 0.05) is 20.6 Å². The number of furan rings is 1. The summed E-state index contributed by atoms with van der Waals surface area (Å²) in [5.41, 5.74) is 0.338. The van der Waals surface area contributed by atoms with Gasteiger partial charge in [-0.3, -0.25) is 4.79 Å². The number of aryl methyl sites for hydroxylation is 2. The van der Waals surface area contributed by atoms with Crippen LogP contribution >= 0.6 is 0 Å². The summed E-state index contributed by atoms with van der Waals surface area (Å²) < 4.78 is 15.6. The number of hydrogen-bond acceptors (Lipinski definition) is 5. The largest absolute Gasteiger partial charge is 0.467 e. The molecule has 2 rings (SSSR count). The lowest BCUT2D eigenvalue weighted by Crippen LogP contribution is -2.34. The molecule has 0 bridgehead atoms. The van der Waals surface area contributed by atoms with E-state index in [9.17, 15) is 4.79 Å². The quantitative estimate of drug-likeness (QED) is 0.810. The van der Waals surface area contributed by atoms with Crippen LogP contribution in [-0.2, 0) is 11.3 Å². The van der Waals surface area contributed by atoms with Gasteiger partial charge >= 0.3 is 0 Å². The predicted octanol–water partition coefficient (Wildman–Crippen LogP) is 2.17. The highest BCUT2D eigenvalue weighted by molar-refractivity contribution is 5.93. The second kappa shape index (κ2) is 6.38. The second-order valence-corrected chi connectivity index (χ2v) is 4.44. The number of ether oxygens (including phenoxy) is 1. The number of nitrogens with zero attached hydrogens (tertiary/aromatic N) is 2. The Bertz CT molecular complexity index is 560. The van der Waals surface area contributed by atoms with Crippen molar-refractivity contribution in [1.29, 1.82) is 0 Å². The summed E-state index contributed by atoms with van der Waals surface area (Å²) in [6.07, 6.45) is 1.58. The van der Waals surface area contributed by atoms with Crippen molar-refractivity contribution in [3.63, 3.8) is 0 Å². The topological polar surface area (TPSA) is 68.7 Å². The monoisotopic (exact) mass is 278 g/mol. The molecule has 0 saturated carbocycles. The third-order valence-corrected chi connectivity index (χ3v) is 2.89. The van der Waals surface area contributed by atoms with E-state index >= 15 is 0 Å². The van der Waals surface area contributed by atoms with Gasteiger partial charge in [-0.2, -0.15) is 0 Å². The molecule has 0 unspecified atom stereocenters. The van der Waals surface area contributed by atoms with Gasteiger partial charge in [0.2, 0.25) is 0 Å². The summed E-state index contributed by atoms with van der Waals surface area (Å²) in [6, 6.07) is 3.62. The Morgan fingerprint density at radius 2 is 2.25 bits per heavy atom. The van der Waals surface area contributed by atoms with E-state index in [1.807, 2.05) is 6.07 Å². The van der Waals surface area contributed by atoms with Gasteiger partial charge in [-0.25, -0.2) is 4.98 Å². The third kappa shape index (κ3) is 3.27. The van der Waals surface area contributed by atoms with Crippen LogP contribution in [0.4, 0.5) is 0 Å². The predicted molar refractivity (Wildman–Crippen MR) is 71.3 cm³/mol. The summed E-state index contributed by atoms with van der Waals surface area (Å²) in [4.78, 5) is 18.3. The molecule has 0 atom stereocenters. The third-order valence-electron chi connectivity index (χ3n) is 2.89. The van der Waals surface area contributed by atoms with Crippen LogP contribution in [0.25, 0.3) is 0 Å². The molecule has 0 aliphatic heterocycles. The Morgan fingerprint density at radius 3 is 2.80 bits per heavy atom. The highest BCUT2D eigenvalue weighted by Gasteiger charge is 2.22. The first-order chi connectivity index (χ1) is 9.61. The average Bonchev–Trinajstić information content (AvgIpc) is 3.03. The fourth-order valence-electron chi connectivity index (χ4n) is 1.92. The van der Waals surface area contributed by atoms with Crippen molar-refractivity contribution in [2.45, 2.75) is 20.4 Å². The summed E-state index contributed by atoms with van der Waals surface area (Å²) >= 11 is 0. The minimum atomic E-state index is -0.187. The Balaban J connectivity index is 2.17. The normalized spacial score (nSPS) is 10.8. The maximum atomic E-state index is 12.5. The van der Waals surface area contributed by atoms with Gasteiger partial charge in [-0.15, -0.1) is 0 Å². The number of amides is 1. The molecule has 0 aliphatic carbocycles.